The molecule has 1 aromatic carbocycles. The van der Waals surface area contributed by atoms with E-state index in [9.17, 15) is 14.9 Å². The van der Waals surface area contributed by atoms with E-state index in [4.69, 9.17) is 5.73 Å². The Morgan fingerprint density at radius 2 is 2.24 bits per heavy atom. The Kier molecular flexibility index (Phi) is 3.50. The number of carbonyl (C=O) groups excluding carboxylic acids is 1. The quantitative estimate of drug-likeness (QED) is 0.635. The molecule has 21 heavy (non-hydrogen) atoms. The number of hydrogen-bond acceptors (Lipinski definition) is 5. The SMILES string of the molecule is NC(=O)c1ccc([N+](=O)[O-])c(N2CC3CCCNC3C2)c1. The predicted octanol–water partition coefficient (Wildman–Crippen LogP) is 0.882. The predicted molar refractivity (Wildman–Crippen MR) is 78.3 cm³/mol. The number of benzene rings is 1. The lowest BCUT2D eigenvalue weighted by Gasteiger charge is -2.24. The third-order valence-electron chi connectivity index (χ3n) is 4.40. The average molecular weight is 290 g/mol. The summed E-state index contributed by atoms with van der Waals surface area (Å²) in [4.78, 5) is 24.1. The lowest BCUT2D eigenvalue weighted by Crippen LogP contribution is -2.40. The number of amides is 1. The highest BCUT2D eigenvalue weighted by molar-refractivity contribution is 5.94. The van der Waals surface area contributed by atoms with Crippen molar-refractivity contribution in [3.8, 4) is 0 Å². The van der Waals surface area contributed by atoms with E-state index in [0.29, 0.717) is 23.2 Å². The van der Waals surface area contributed by atoms with Crippen LogP contribution in [0.3, 0.4) is 0 Å². The average Bonchev–Trinajstić information content (AvgIpc) is 2.90. The van der Waals surface area contributed by atoms with Crippen LogP contribution in [0.2, 0.25) is 0 Å². The van der Waals surface area contributed by atoms with Gasteiger partial charge >= 0.3 is 0 Å². The van der Waals surface area contributed by atoms with Crippen molar-refractivity contribution in [3.63, 3.8) is 0 Å². The van der Waals surface area contributed by atoms with Gasteiger partial charge in [-0.1, -0.05) is 0 Å². The van der Waals surface area contributed by atoms with E-state index in [2.05, 4.69) is 5.32 Å². The van der Waals surface area contributed by atoms with Crippen molar-refractivity contribution in [1.29, 1.82) is 0 Å². The van der Waals surface area contributed by atoms with Crippen molar-refractivity contribution in [3.05, 3.63) is 33.9 Å². The first-order valence-corrected chi connectivity index (χ1v) is 7.13. The Balaban J connectivity index is 1.94. The van der Waals surface area contributed by atoms with Gasteiger partial charge in [0, 0.05) is 30.8 Å². The number of nitrogens with two attached hydrogens (primary N) is 1. The van der Waals surface area contributed by atoms with Crippen LogP contribution in [0, 0.1) is 16.0 Å². The van der Waals surface area contributed by atoms with Crippen molar-refractivity contribution in [1.82, 2.24) is 5.32 Å². The molecule has 7 heteroatoms. The van der Waals surface area contributed by atoms with Gasteiger partial charge in [0.2, 0.25) is 5.91 Å². The van der Waals surface area contributed by atoms with Crippen LogP contribution in [0.1, 0.15) is 23.2 Å². The van der Waals surface area contributed by atoms with E-state index in [1.807, 2.05) is 4.90 Å². The molecule has 0 bridgehead atoms. The topological polar surface area (TPSA) is 102 Å². The third kappa shape index (κ3) is 2.56. The van der Waals surface area contributed by atoms with Crippen LogP contribution < -0.4 is 16.0 Å². The van der Waals surface area contributed by atoms with E-state index in [-0.39, 0.29) is 5.69 Å². The molecule has 2 unspecified atom stereocenters. The second-order valence-corrected chi connectivity index (χ2v) is 5.69. The van der Waals surface area contributed by atoms with Crippen molar-refractivity contribution in [2.45, 2.75) is 18.9 Å². The lowest BCUT2D eigenvalue weighted by molar-refractivity contribution is -0.384. The van der Waals surface area contributed by atoms with E-state index in [0.717, 1.165) is 32.5 Å². The molecule has 0 radical (unpaired) electrons. The second kappa shape index (κ2) is 5.33. The number of piperidine rings is 1. The molecular formula is C14H18N4O3. The summed E-state index contributed by atoms with van der Waals surface area (Å²) in [5.41, 5.74) is 6.11. The molecule has 1 aromatic rings. The minimum atomic E-state index is -0.569. The monoisotopic (exact) mass is 290 g/mol. The van der Waals surface area contributed by atoms with Crippen molar-refractivity contribution in [2.75, 3.05) is 24.5 Å². The number of nitrogens with zero attached hydrogens (tertiary/aromatic N) is 2. The van der Waals surface area contributed by atoms with Crippen LogP contribution in [-0.4, -0.2) is 36.5 Å². The lowest BCUT2D eigenvalue weighted by atomic mass is 9.94. The number of carbonyl (C=O) groups is 1. The first-order valence-electron chi connectivity index (χ1n) is 7.13. The standard InChI is InChI=1S/C14H18N4O3/c15-14(19)9-3-4-12(18(20)21)13(6-9)17-7-10-2-1-5-16-11(10)8-17/h3-4,6,10-11,16H,1-2,5,7-8H2,(H2,15,19). The van der Waals surface area contributed by atoms with Crippen molar-refractivity contribution >= 4 is 17.3 Å². The number of nitro benzene ring substituents is 1. The van der Waals surface area contributed by atoms with Gasteiger partial charge in [-0.05, 0) is 37.4 Å². The van der Waals surface area contributed by atoms with Gasteiger partial charge in [-0.25, -0.2) is 0 Å². The summed E-state index contributed by atoms with van der Waals surface area (Å²) in [5.74, 6) is -0.0588. The summed E-state index contributed by atoms with van der Waals surface area (Å²) in [5, 5.41) is 14.7. The molecule has 1 amide bonds. The molecule has 112 valence electrons. The molecule has 0 spiro atoms. The van der Waals surface area contributed by atoms with Gasteiger partial charge in [0.1, 0.15) is 5.69 Å². The van der Waals surface area contributed by atoms with Gasteiger partial charge < -0.3 is 16.0 Å². The zero-order chi connectivity index (χ0) is 15.0. The van der Waals surface area contributed by atoms with Crippen LogP contribution in [-0.2, 0) is 0 Å². The fourth-order valence-electron chi connectivity index (χ4n) is 3.33. The van der Waals surface area contributed by atoms with E-state index in [1.54, 1.807) is 0 Å². The Morgan fingerprint density at radius 1 is 1.43 bits per heavy atom. The third-order valence-corrected chi connectivity index (χ3v) is 4.40. The van der Waals surface area contributed by atoms with E-state index >= 15 is 0 Å². The van der Waals surface area contributed by atoms with Crippen molar-refractivity contribution in [2.24, 2.45) is 11.7 Å². The number of hydrogen-bond donors (Lipinski definition) is 2. The number of anilines is 1. The first-order chi connectivity index (χ1) is 10.1. The highest BCUT2D eigenvalue weighted by Crippen LogP contribution is 2.35. The van der Waals surface area contributed by atoms with Crippen LogP contribution in [0.4, 0.5) is 11.4 Å². The van der Waals surface area contributed by atoms with Crippen LogP contribution in [0.25, 0.3) is 0 Å². The maximum absolute atomic E-state index is 11.3. The number of nitro groups is 1. The molecule has 0 saturated carbocycles. The maximum Gasteiger partial charge on any atom is 0.292 e. The van der Waals surface area contributed by atoms with E-state index < -0.39 is 10.8 Å². The second-order valence-electron chi connectivity index (χ2n) is 5.69. The molecule has 2 saturated heterocycles. The van der Waals surface area contributed by atoms with Gasteiger partial charge in [-0.15, -0.1) is 0 Å². The highest BCUT2D eigenvalue weighted by Gasteiger charge is 2.36. The molecule has 2 heterocycles. The van der Waals surface area contributed by atoms with E-state index in [1.165, 1.54) is 18.2 Å². The summed E-state index contributed by atoms with van der Waals surface area (Å²) in [6.45, 7) is 2.51. The molecular weight excluding hydrogens is 272 g/mol. The van der Waals surface area contributed by atoms with Gasteiger partial charge in [-0.2, -0.15) is 0 Å². The van der Waals surface area contributed by atoms with Gasteiger partial charge in [0.05, 0.1) is 4.92 Å². The van der Waals surface area contributed by atoms with Crippen molar-refractivity contribution < 1.29 is 9.72 Å². The molecule has 0 aliphatic carbocycles. The molecule has 7 nitrogen and oxygen atoms in total. The normalized spacial score (nSPS) is 24.7. The van der Waals surface area contributed by atoms with Gasteiger partial charge in [0.15, 0.2) is 0 Å². The Morgan fingerprint density at radius 3 is 2.90 bits per heavy atom. The highest BCUT2D eigenvalue weighted by atomic mass is 16.6. The number of fused-ring (bicyclic) bond motifs is 1. The minimum absolute atomic E-state index is 0.0265. The van der Waals surface area contributed by atoms with Crippen LogP contribution >= 0.6 is 0 Å². The van der Waals surface area contributed by atoms with Gasteiger partial charge in [0.25, 0.3) is 5.69 Å². The summed E-state index contributed by atoms with van der Waals surface area (Å²) in [6.07, 6.45) is 2.27. The minimum Gasteiger partial charge on any atom is -0.366 e. The zero-order valence-electron chi connectivity index (χ0n) is 11.6. The number of rotatable bonds is 3. The Hall–Kier alpha value is -2.15. The fraction of sp³-hybridized carbons (Fsp3) is 0.500. The van der Waals surface area contributed by atoms with Gasteiger partial charge in [-0.3, -0.25) is 14.9 Å². The molecule has 2 fully saturated rings. The largest absolute Gasteiger partial charge is 0.366 e. The first kappa shape index (κ1) is 13.8. The summed E-state index contributed by atoms with van der Waals surface area (Å²) < 4.78 is 0. The number of nitrogens with one attached hydrogen (secondary N) is 1. The molecule has 2 aliphatic heterocycles. The summed E-state index contributed by atoms with van der Waals surface area (Å²) >= 11 is 0. The zero-order valence-corrected chi connectivity index (χ0v) is 11.6. The molecule has 3 rings (SSSR count). The molecule has 3 N–H and O–H groups in total. The summed E-state index contributed by atoms with van der Waals surface area (Å²) in [7, 11) is 0. The molecule has 2 aliphatic rings. The fourth-order valence-corrected chi connectivity index (χ4v) is 3.33. The maximum atomic E-state index is 11.3. The summed E-state index contributed by atoms with van der Waals surface area (Å²) in [6, 6.07) is 4.68. The smallest absolute Gasteiger partial charge is 0.292 e. The molecule has 0 aromatic heterocycles. The Labute approximate surface area is 122 Å². The molecule has 2 atom stereocenters. The Bertz CT molecular complexity index is 576. The number of primary amides is 1. The van der Waals surface area contributed by atoms with Crippen LogP contribution in [0.15, 0.2) is 18.2 Å². The van der Waals surface area contributed by atoms with Crippen LogP contribution in [0.5, 0.6) is 0 Å².